The topological polar surface area (TPSA) is 17.1 Å². The van der Waals surface area contributed by atoms with Crippen molar-refractivity contribution in [2.24, 2.45) is 0 Å². The standard InChI is InChI=1S/C13H25BrOSi/c1-5-6-7-9-12(14)10-8-11-13(15)16(2,3)4/h5,12H,1,6-11H2,2-4H3. The molecule has 0 spiro atoms. The molecule has 0 N–H and O–H groups in total. The molecular formula is C13H25BrOSi. The van der Waals surface area contributed by atoms with E-state index in [1.165, 1.54) is 12.8 Å². The summed E-state index contributed by atoms with van der Waals surface area (Å²) in [5.41, 5.74) is 0. The number of rotatable bonds is 9. The van der Waals surface area contributed by atoms with Gasteiger partial charge in [-0.25, -0.2) is 0 Å². The number of hydrogen-bond donors (Lipinski definition) is 0. The van der Waals surface area contributed by atoms with Crippen molar-refractivity contribution in [3.05, 3.63) is 12.7 Å². The van der Waals surface area contributed by atoms with Crippen molar-refractivity contribution in [3.63, 3.8) is 0 Å². The van der Waals surface area contributed by atoms with E-state index in [1.54, 1.807) is 0 Å². The van der Waals surface area contributed by atoms with E-state index in [-0.39, 0.29) is 0 Å². The Hall–Kier alpha value is 0.107. The maximum Gasteiger partial charge on any atom is 0.123 e. The summed E-state index contributed by atoms with van der Waals surface area (Å²) in [7, 11) is -1.53. The normalized spacial score (nSPS) is 13.5. The Bertz CT molecular complexity index is 220. The number of allylic oxidation sites excluding steroid dienone is 1. The highest BCUT2D eigenvalue weighted by molar-refractivity contribution is 9.09. The van der Waals surface area contributed by atoms with Gasteiger partial charge >= 0.3 is 0 Å². The number of carbonyl (C=O) groups excluding carboxylic acids is 1. The van der Waals surface area contributed by atoms with Crippen LogP contribution in [0.1, 0.15) is 38.5 Å². The summed E-state index contributed by atoms with van der Waals surface area (Å²) in [4.78, 5) is 12.3. The summed E-state index contributed by atoms with van der Waals surface area (Å²) in [5.74, 6) is 0. The molecule has 0 aromatic carbocycles. The molecule has 0 aliphatic heterocycles. The smallest absolute Gasteiger partial charge is 0.123 e. The second kappa shape index (κ2) is 8.23. The van der Waals surface area contributed by atoms with E-state index in [1.807, 2.05) is 6.08 Å². The van der Waals surface area contributed by atoms with Crippen molar-refractivity contribution in [2.45, 2.75) is 63.0 Å². The first-order valence-electron chi connectivity index (χ1n) is 6.16. The Morgan fingerprint density at radius 3 is 2.38 bits per heavy atom. The fourth-order valence-corrected chi connectivity index (χ4v) is 3.06. The van der Waals surface area contributed by atoms with Gasteiger partial charge in [-0.1, -0.05) is 41.6 Å². The first-order valence-corrected chi connectivity index (χ1v) is 10.6. The van der Waals surface area contributed by atoms with Gasteiger partial charge in [-0.3, -0.25) is 0 Å². The van der Waals surface area contributed by atoms with Gasteiger partial charge in [0.2, 0.25) is 0 Å². The summed E-state index contributed by atoms with van der Waals surface area (Å²) in [6, 6.07) is 0. The molecule has 0 aromatic rings. The Morgan fingerprint density at radius 2 is 1.88 bits per heavy atom. The summed E-state index contributed by atoms with van der Waals surface area (Å²) in [5, 5.41) is 0.512. The number of halogens is 1. The van der Waals surface area contributed by atoms with E-state index in [0.717, 1.165) is 25.7 Å². The molecule has 0 saturated heterocycles. The third kappa shape index (κ3) is 8.28. The lowest BCUT2D eigenvalue weighted by atomic mass is 10.1. The van der Waals surface area contributed by atoms with Gasteiger partial charge in [-0.2, -0.15) is 0 Å². The SMILES string of the molecule is C=CCCCC(Br)CCCC(=O)[Si](C)(C)C. The first kappa shape index (κ1) is 16.1. The minimum atomic E-state index is -1.53. The Labute approximate surface area is 110 Å². The van der Waals surface area contributed by atoms with Crippen molar-refractivity contribution in [1.29, 1.82) is 0 Å². The van der Waals surface area contributed by atoms with Crippen LogP contribution in [0.25, 0.3) is 0 Å². The molecular weight excluding hydrogens is 280 g/mol. The molecule has 1 atom stereocenters. The average Bonchev–Trinajstić information content (AvgIpc) is 2.16. The van der Waals surface area contributed by atoms with E-state index in [0.29, 0.717) is 10.2 Å². The highest BCUT2D eigenvalue weighted by Crippen LogP contribution is 2.18. The maximum atomic E-state index is 11.7. The molecule has 0 amide bonds. The molecule has 0 radical (unpaired) electrons. The molecule has 0 aliphatic carbocycles. The largest absolute Gasteiger partial charge is 0.305 e. The van der Waals surface area contributed by atoms with Gasteiger partial charge in [0.05, 0.1) is 0 Å². The molecule has 0 aliphatic rings. The van der Waals surface area contributed by atoms with Crippen LogP contribution in [0.15, 0.2) is 12.7 Å². The van der Waals surface area contributed by atoms with Crippen molar-refractivity contribution in [2.75, 3.05) is 0 Å². The molecule has 0 bridgehead atoms. The van der Waals surface area contributed by atoms with Crippen LogP contribution in [0, 0.1) is 0 Å². The molecule has 0 heterocycles. The van der Waals surface area contributed by atoms with Gasteiger partial charge < -0.3 is 4.79 Å². The zero-order valence-electron chi connectivity index (χ0n) is 10.9. The number of alkyl halides is 1. The minimum absolute atomic E-state index is 0.512. The van der Waals surface area contributed by atoms with E-state index in [4.69, 9.17) is 0 Å². The summed E-state index contributed by atoms with van der Waals surface area (Å²) in [6.07, 6.45) is 8.37. The van der Waals surface area contributed by atoms with Crippen molar-refractivity contribution >= 4 is 29.4 Å². The minimum Gasteiger partial charge on any atom is -0.305 e. The maximum absolute atomic E-state index is 11.7. The summed E-state index contributed by atoms with van der Waals surface area (Å²) < 4.78 is 0. The van der Waals surface area contributed by atoms with Gasteiger partial charge in [-0.05, 0) is 32.1 Å². The third-order valence-corrected chi connectivity index (χ3v) is 5.52. The molecule has 1 unspecified atom stereocenters. The predicted octanol–water partition coefficient (Wildman–Crippen LogP) is 4.72. The fourth-order valence-electron chi connectivity index (χ4n) is 1.49. The second-order valence-corrected chi connectivity index (χ2v) is 11.7. The van der Waals surface area contributed by atoms with Gasteiger partial charge in [-0.15, -0.1) is 6.58 Å². The molecule has 94 valence electrons. The van der Waals surface area contributed by atoms with Crippen LogP contribution in [0.4, 0.5) is 0 Å². The fraction of sp³-hybridized carbons (Fsp3) is 0.769. The van der Waals surface area contributed by atoms with E-state index in [2.05, 4.69) is 42.1 Å². The van der Waals surface area contributed by atoms with Crippen LogP contribution >= 0.6 is 15.9 Å². The van der Waals surface area contributed by atoms with Crippen LogP contribution in [-0.2, 0) is 4.79 Å². The molecule has 16 heavy (non-hydrogen) atoms. The lowest BCUT2D eigenvalue weighted by Gasteiger charge is -2.14. The molecule has 0 aromatic heterocycles. The van der Waals surface area contributed by atoms with E-state index >= 15 is 0 Å². The third-order valence-electron chi connectivity index (χ3n) is 2.68. The quantitative estimate of drug-likeness (QED) is 0.261. The number of carbonyl (C=O) groups is 1. The molecule has 0 saturated carbocycles. The summed E-state index contributed by atoms with van der Waals surface area (Å²) in [6.45, 7) is 10.1. The van der Waals surface area contributed by atoms with Crippen LogP contribution in [-0.4, -0.2) is 18.3 Å². The Kier molecular flexibility index (Phi) is 8.29. The van der Waals surface area contributed by atoms with Crippen LogP contribution < -0.4 is 0 Å². The predicted molar refractivity (Wildman–Crippen MR) is 79.0 cm³/mol. The van der Waals surface area contributed by atoms with Crippen molar-refractivity contribution < 1.29 is 4.79 Å². The lowest BCUT2D eigenvalue weighted by Crippen LogP contribution is -2.33. The van der Waals surface area contributed by atoms with Crippen LogP contribution in [0.2, 0.25) is 19.6 Å². The van der Waals surface area contributed by atoms with Gasteiger partial charge in [0.25, 0.3) is 0 Å². The molecule has 3 heteroatoms. The highest BCUT2D eigenvalue weighted by atomic mass is 79.9. The van der Waals surface area contributed by atoms with Crippen LogP contribution in [0.5, 0.6) is 0 Å². The van der Waals surface area contributed by atoms with Gasteiger partial charge in [0.15, 0.2) is 0 Å². The average molecular weight is 305 g/mol. The monoisotopic (exact) mass is 304 g/mol. The zero-order chi connectivity index (χ0) is 12.6. The molecule has 0 fully saturated rings. The first-order chi connectivity index (χ1) is 7.38. The van der Waals surface area contributed by atoms with Crippen molar-refractivity contribution in [1.82, 2.24) is 0 Å². The van der Waals surface area contributed by atoms with Gasteiger partial charge in [0.1, 0.15) is 13.5 Å². The number of hydrogen-bond acceptors (Lipinski definition) is 1. The molecule has 0 rings (SSSR count). The highest BCUT2D eigenvalue weighted by Gasteiger charge is 2.23. The molecule has 1 nitrogen and oxygen atoms in total. The van der Waals surface area contributed by atoms with E-state index < -0.39 is 8.07 Å². The Morgan fingerprint density at radius 1 is 1.31 bits per heavy atom. The van der Waals surface area contributed by atoms with Gasteiger partial charge in [0, 0.05) is 11.2 Å². The summed E-state index contributed by atoms with van der Waals surface area (Å²) >= 11 is 3.67. The van der Waals surface area contributed by atoms with Crippen molar-refractivity contribution in [3.8, 4) is 0 Å². The number of unbranched alkanes of at least 4 members (excludes halogenated alkanes) is 1. The Balaban J connectivity index is 3.58. The van der Waals surface area contributed by atoms with Crippen LogP contribution in [0.3, 0.4) is 0 Å². The lowest BCUT2D eigenvalue weighted by molar-refractivity contribution is -0.112. The van der Waals surface area contributed by atoms with E-state index in [9.17, 15) is 4.79 Å². The zero-order valence-corrected chi connectivity index (χ0v) is 13.5. The second-order valence-electron chi connectivity index (χ2n) is 5.38.